The highest BCUT2D eigenvalue weighted by molar-refractivity contribution is 7.18. The molecular weight excluding hydrogens is 286 g/mol. The molecule has 2 aliphatic rings. The molecule has 2 saturated heterocycles. The van der Waals surface area contributed by atoms with Gasteiger partial charge in [-0.05, 0) is 25.8 Å². The number of aryl methyl sites for hydroxylation is 2. The molecule has 112 valence electrons. The summed E-state index contributed by atoms with van der Waals surface area (Å²) in [5.41, 5.74) is 1.29. The second kappa shape index (κ2) is 4.90. The molecule has 0 saturated carbocycles. The van der Waals surface area contributed by atoms with Gasteiger partial charge in [-0.1, -0.05) is 0 Å². The first kappa shape index (κ1) is 13.4. The minimum absolute atomic E-state index is 0.422. The highest BCUT2D eigenvalue weighted by Gasteiger charge is 2.41. The van der Waals surface area contributed by atoms with Gasteiger partial charge in [0.25, 0.3) is 0 Å². The van der Waals surface area contributed by atoms with Gasteiger partial charge in [0.1, 0.15) is 17.0 Å². The second-order valence-electron chi connectivity index (χ2n) is 5.79. The number of aromatic nitrogens is 2. The predicted octanol–water partition coefficient (Wildman–Crippen LogP) is 2.65. The van der Waals surface area contributed by atoms with Crippen molar-refractivity contribution in [2.45, 2.75) is 32.5 Å². The van der Waals surface area contributed by atoms with Gasteiger partial charge in [0, 0.05) is 17.8 Å². The van der Waals surface area contributed by atoms with Crippen LogP contribution in [0.4, 0.5) is 5.82 Å². The van der Waals surface area contributed by atoms with E-state index in [-0.39, 0.29) is 0 Å². The fourth-order valence-corrected chi connectivity index (χ4v) is 4.30. The van der Waals surface area contributed by atoms with E-state index in [4.69, 9.17) is 9.47 Å². The molecule has 2 fully saturated rings. The van der Waals surface area contributed by atoms with Gasteiger partial charge in [0.15, 0.2) is 5.79 Å². The molecule has 0 radical (unpaired) electrons. The maximum Gasteiger partial charge on any atom is 0.186 e. The Morgan fingerprint density at radius 3 is 2.86 bits per heavy atom. The van der Waals surface area contributed by atoms with Crippen molar-refractivity contribution in [2.75, 3.05) is 31.2 Å². The molecule has 0 amide bonds. The first-order valence-corrected chi connectivity index (χ1v) is 8.24. The van der Waals surface area contributed by atoms with Crippen molar-refractivity contribution in [2.24, 2.45) is 0 Å². The average Bonchev–Trinajstić information content (AvgIpc) is 3.05. The molecule has 1 spiro atoms. The number of rotatable bonds is 1. The molecule has 0 bridgehead atoms. The van der Waals surface area contributed by atoms with Gasteiger partial charge >= 0.3 is 0 Å². The van der Waals surface area contributed by atoms with Crippen molar-refractivity contribution in [1.29, 1.82) is 0 Å². The molecule has 6 heteroatoms. The normalized spacial score (nSPS) is 21.5. The summed E-state index contributed by atoms with van der Waals surface area (Å²) < 4.78 is 11.8. The third-order valence-corrected chi connectivity index (χ3v) is 5.59. The SMILES string of the molecule is Cc1sc2ncnc(N3CCCC4(C3)OCCO4)c2c1C. The van der Waals surface area contributed by atoms with E-state index in [0.29, 0.717) is 13.2 Å². The molecule has 0 aliphatic carbocycles. The van der Waals surface area contributed by atoms with E-state index in [0.717, 1.165) is 36.6 Å². The minimum atomic E-state index is -0.422. The Hall–Kier alpha value is -1.24. The fourth-order valence-electron chi connectivity index (χ4n) is 3.31. The monoisotopic (exact) mass is 305 g/mol. The number of hydrogen-bond donors (Lipinski definition) is 0. The lowest BCUT2D eigenvalue weighted by Gasteiger charge is -2.39. The molecule has 2 aromatic heterocycles. The topological polar surface area (TPSA) is 47.5 Å². The van der Waals surface area contributed by atoms with Crippen LogP contribution in [0.15, 0.2) is 6.33 Å². The molecule has 0 N–H and O–H groups in total. The van der Waals surface area contributed by atoms with Crippen molar-refractivity contribution in [3.63, 3.8) is 0 Å². The van der Waals surface area contributed by atoms with Crippen LogP contribution < -0.4 is 4.90 Å². The van der Waals surface area contributed by atoms with E-state index < -0.39 is 5.79 Å². The van der Waals surface area contributed by atoms with Crippen molar-refractivity contribution in [3.05, 3.63) is 16.8 Å². The molecule has 0 unspecified atom stereocenters. The number of nitrogens with zero attached hydrogens (tertiary/aromatic N) is 3. The summed E-state index contributed by atoms with van der Waals surface area (Å²) in [5, 5.41) is 1.19. The van der Waals surface area contributed by atoms with Gasteiger partial charge in [-0.25, -0.2) is 9.97 Å². The van der Waals surface area contributed by atoms with E-state index in [9.17, 15) is 0 Å². The molecule has 2 aliphatic heterocycles. The number of thiophene rings is 1. The summed E-state index contributed by atoms with van der Waals surface area (Å²) in [6.45, 7) is 7.45. The lowest BCUT2D eigenvalue weighted by atomic mass is 10.0. The second-order valence-corrected chi connectivity index (χ2v) is 7.00. The van der Waals surface area contributed by atoms with Crippen molar-refractivity contribution >= 4 is 27.4 Å². The van der Waals surface area contributed by atoms with E-state index in [1.165, 1.54) is 15.8 Å². The summed E-state index contributed by atoms with van der Waals surface area (Å²) in [6, 6.07) is 0. The number of hydrogen-bond acceptors (Lipinski definition) is 6. The van der Waals surface area contributed by atoms with Crippen LogP contribution in [0.5, 0.6) is 0 Å². The van der Waals surface area contributed by atoms with E-state index in [1.807, 2.05) is 0 Å². The van der Waals surface area contributed by atoms with Gasteiger partial charge in [-0.15, -0.1) is 11.3 Å². The maximum absolute atomic E-state index is 5.88. The molecule has 0 aromatic carbocycles. The zero-order chi connectivity index (χ0) is 14.4. The molecule has 0 atom stereocenters. The number of anilines is 1. The number of piperidine rings is 1. The highest BCUT2D eigenvalue weighted by Crippen LogP contribution is 2.38. The summed E-state index contributed by atoms with van der Waals surface area (Å²) in [6.07, 6.45) is 3.71. The first-order valence-electron chi connectivity index (χ1n) is 7.42. The van der Waals surface area contributed by atoms with Gasteiger partial charge in [-0.2, -0.15) is 0 Å². The smallest absolute Gasteiger partial charge is 0.186 e. The van der Waals surface area contributed by atoms with Crippen molar-refractivity contribution in [1.82, 2.24) is 9.97 Å². The van der Waals surface area contributed by atoms with Gasteiger partial charge in [0.05, 0.1) is 25.1 Å². The van der Waals surface area contributed by atoms with E-state index >= 15 is 0 Å². The lowest BCUT2D eigenvalue weighted by molar-refractivity contribution is -0.161. The third kappa shape index (κ3) is 2.13. The van der Waals surface area contributed by atoms with Crippen LogP contribution >= 0.6 is 11.3 Å². The fraction of sp³-hybridized carbons (Fsp3) is 0.600. The Morgan fingerprint density at radius 2 is 2.05 bits per heavy atom. The quantitative estimate of drug-likeness (QED) is 0.810. The zero-order valence-electron chi connectivity index (χ0n) is 12.4. The Morgan fingerprint density at radius 1 is 1.24 bits per heavy atom. The van der Waals surface area contributed by atoms with Crippen LogP contribution in [0.2, 0.25) is 0 Å². The molecule has 21 heavy (non-hydrogen) atoms. The summed E-state index contributed by atoms with van der Waals surface area (Å²) in [5.74, 6) is 0.606. The lowest BCUT2D eigenvalue weighted by Crippen LogP contribution is -2.49. The van der Waals surface area contributed by atoms with Crippen LogP contribution in [0.3, 0.4) is 0 Å². The molecule has 2 aromatic rings. The predicted molar refractivity (Wildman–Crippen MR) is 83.0 cm³/mol. The highest BCUT2D eigenvalue weighted by atomic mass is 32.1. The Labute approximate surface area is 127 Å². The van der Waals surface area contributed by atoms with Crippen molar-refractivity contribution < 1.29 is 9.47 Å². The minimum Gasteiger partial charge on any atom is -0.351 e. The number of ether oxygens (including phenoxy) is 2. The standard InChI is InChI=1S/C15H19N3O2S/c1-10-11(2)21-14-12(10)13(16-9-17-14)18-5-3-4-15(8-18)19-6-7-20-15/h9H,3-8H2,1-2H3. The molecule has 5 nitrogen and oxygen atoms in total. The summed E-state index contributed by atoms with van der Waals surface area (Å²) in [4.78, 5) is 13.7. The largest absolute Gasteiger partial charge is 0.351 e. The molecule has 4 rings (SSSR count). The first-order chi connectivity index (χ1) is 10.2. The third-order valence-electron chi connectivity index (χ3n) is 4.48. The summed E-state index contributed by atoms with van der Waals surface area (Å²) in [7, 11) is 0. The van der Waals surface area contributed by atoms with Crippen LogP contribution in [-0.4, -0.2) is 42.1 Å². The van der Waals surface area contributed by atoms with Gasteiger partial charge in [0.2, 0.25) is 0 Å². The van der Waals surface area contributed by atoms with E-state index in [2.05, 4.69) is 28.7 Å². The van der Waals surface area contributed by atoms with Gasteiger partial charge in [-0.3, -0.25) is 0 Å². The Kier molecular flexibility index (Phi) is 3.13. The van der Waals surface area contributed by atoms with Crippen LogP contribution in [0.25, 0.3) is 10.2 Å². The van der Waals surface area contributed by atoms with Gasteiger partial charge < -0.3 is 14.4 Å². The zero-order valence-corrected chi connectivity index (χ0v) is 13.2. The average molecular weight is 305 g/mol. The Balaban J connectivity index is 1.76. The Bertz CT molecular complexity index is 679. The van der Waals surface area contributed by atoms with E-state index in [1.54, 1.807) is 17.7 Å². The summed E-state index contributed by atoms with van der Waals surface area (Å²) >= 11 is 1.74. The molecular formula is C15H19N3O2S. The molecule has 4 heterocycles. The van der Waals surface area contributed by atoms with Crippen LogP contribution in [-0.2, 0) is 9.47 Å². The van der Waals surface area contributed by atoms with Crippen LogP contribution in [0, 0.1) is 13.8 Å². The maximum atomic E-state index is 5.88. The van der Waals surface area contributed by atoms with Crippen molar-refractivity contribution in [3.8, 4) is 0 Å². The number of fused-ring (bicyclic) bond motifs is 1. The van der Waals surface area contributed by atoms with Crippen LogP contribution in [0.1, 0.15) is 23.3 Å².